The predicted molar refractivity (Wildman–Crippen MR) is 114 cm³/mol. The van der Waals surface area contributed by atoms with Crippen molar-refractivity contribution in [2.75, 3.05) is 13.7 Å². The second kappa shape index (κ2) is 7.56. The molecule has 0 bridgehead atoms. The molecule has 5 heteroatoms. The Morgan fingerprint density at radius 3 is 2.50 bits per heavy atom. The minimum Gasteiger partial charge on any atom is -0.493 e. The van der Waals surface area contributed by atoms with Crippen molar-refractivity contribution >= 4 is 16.7 Å². The summed E-state index contributed by atoms with van der Waals surface area (Å²) in [6.45, 7) is 6.78. The molecule has 1 atom stereocenters. The molecule has 1 aromatic carbocycles. The van der Waals surface area contributed by atoms with Crippen LogP contribution >= 0.6 is 0 Å². The summed E-state index contributed by atoms with van der Waals surface area (Å²) < 4.78 is 29.1. The van der Waals surface area contributed by atoms with Crippen LogP contribution in [0.5, 0.6) is 5.75 Å². The Labute approximate surface area is 171 Å². The Kier molecular flexibility index (Phi) is 5.43. The summed E-state index contributed by atoms with van der Waals surface area (Å²) in [5, 5.41) is 0. The van der Waals surface area contributed by atoms with Crippen LogP contribution in [0.3, 0.4) is 0 Å². The molecule has 2 saturated carbocycles. The molecular formula is C23H33NO3S. The highest BCUT2D eigenvalue weighted by Gasteiger charge is 2.46. The monoisotopic (exact) mass is 403 g/mol. The molecule has 0 aliphatic heterocycles. The number of rotatable bonds is 5. The second-order valence-corrected chi connectivity index (χ2v) is 11.7. The van der Waals surface area contributed by atoms with Crippen molar-refractivity contribution in [2.24, 2.45) is 15.7 Å². The third kappa shape index (κ3) is 4.06. The summed E-state index contributed by atoms with van der Waals surface area (Å²) in [6.07, 6.45) is 8.05. The van der Waals surface area contributed by atoms with Crippen molar-refractivity contribution in [3.05, 3.63) is 29.3 Å². The van der Waals surface area contributed by atoms with Crippen LogP contribution in [-0.4, -0.2) is 34.5 Å². The molecule has 1 aromatic rings. The number of ether oxygens (including phenoxy) is 2. The molecule has 1 spiro atoms. The lowest BCUT2D eigenvalue weighted by Gasteiger charge is -2.37. The Hall–Kier alpha value is -1.20. The van der Waals surface area contributed by atoms with Gasteiger partial charge in [-0.2, -0.15) is 4.40 Å². The normalized spacial score (nSPS) is 29.9. The third-order valence-corrected chi connectivity index (χ3v) is 7.87. The van der Waals surface area contributed by atoms with Gasteiger partial charge in [0.25, 0.3) is 0 Å². The molecule has 3 aliphatic rings. The smallest absolute Gasteiger partial charge is 0.145 e. The van der Waals surface area contributed by atoms with Crippen LogP contribution in [0.2, 0.25) is 0 Å². The molecule has 0 heterocycles. The van der Waals surface area contributed by atoms with E-state index in [1.54, 1.807) is 7.11 Å². The molecule has 0 N–H and O–H groups in total. The van der Waals surface area contributed by atoms with Crippen molar-refractivity contribution in [2.45, 2.75) is 76.6 Å². The average Bonchev–Trinajstić information content (AvgIpc) is 3.45. The van der Waals surface area contributed by atoms with Crippen LogP contribution in [-0.2, 0) is 22.1 Å². The molecule has 0 saturated heterocycles. The van der Waals surface area contributed by atoms with Crippen molar-refractivity contribution in [1.82, 2.24) is 0 Å². The van der Waals surface area contributed by atoms with Crippen LogP contribution in [0.4, 0.5) is 0 Å². The topological polar surface area (TPSA) is 47.9 Å². The van der Waals surface area contributed by atoms with E-state index in [0.717, 1.165) is 61.7 Å². The minimum absolute atomic E-state index is 0.00656. The summed E-state index contributed by atoms with van der Waals surface area (Å²) in [4.78, 5) is 0. The van der Waals surface area contributed by atoms with E-state index in [-0.39, 0.29) is 10.2 Å². The zero-order valence-electron chi connectivity index (χ0n) is 17.6. The van der Waals surface area contributed by atoms with Crippen molar-refractivity contribution in [3.63, 3.8) is 0 Å². The van der Waals surface area contributed by atoms with E-state index in [1.807, 2.05) is 20.8 Å². The zero-order chi connectivity index (χ0) is 19.9. The quantitative estimate of drug-likeness (QED) is 0.705. The van der Waals surface area contributed by atoms with Crippen LogP contribution in [0.25, 0.3) is 0 Å². The Balaban J connectivity index is 1.67. The molecule has 1 unspecified atom stereocenters. The van der Waals surface area contributed by atoms with Gasteiger partial charge in [-0.3, -0.25) is 0 Å². The van der Waals surface area contributed by atoms with Crippen LogP contribution in [0.15, 0.2) is 22.6 Å². The number of nitrogens with zero attached hydrogens (tertiary/aromatic N) is 1. The summed E-state index contributed by atoms with van der Waals surface area (Å²) in [7, 11) is 0.540. The van der Waals surface area contributed by atoms with E-state index in [0.29, 0.717) is 6.10 Å². The fourth-order valence-corrected chi connectivity index (χ4v) is 5.14. The van der Waals surface area contributed by atoms with E-state index in [4.69, 9.17) is 13.9 Å². The summed E-state index contributed by atoms with van der Waals surface area (Å²) in [5.74, 6) is 1.65. The second-order valence-electron chi connectivity index (χ2n) is 9.77. The highest BCUT2D eigenvalue weighted by molar-refractivity contribution is 7.85. The SMILES string of the molecule is COC1CCC2(CC1)Cc1ccc(OCC3CC3)cc1C2=NS(=O)C(C)(C)C. The van der Waals surface area contributed by atoms with E-state index < -0.39 is 11.0 Å². The molecule has 4 nitrogen and oxygen atoms in total. The van der Waals surface area contributed by atoms with E-state index in [2.05, 4.69) is 18.2 Å². The number of hydrogen-bond donors (Lipinski definition) is 0. The minimum atomic E-state index is -1.26. The lowest BCUT2D eigenvalue weighted by Crippen LogP contribution is -2.36. The first-order chi connectivity index (χ1) is 13.3. The molecule has 3 aliphatic carbocycles. The van der Waals surface area contributed by atoms with Gasteiger partial charge in [-0.1, -0.05) is 6.07 Å². The largest absolute Gasteiger partial charge is 0.493 e. The fraction of sp³-hybridized carbons (Fsp3) is 0.696. The van der Waals surface area contributed by atoms with Gasteiger partial charge in [0.05, 0.1) is 23.2 Å². The summed E-state index contributed by atoms with van der Waals surface area (Å²) >= 11 is 0. The lowest BCUT2D eigenvalue weighted by molar-refractivity contribution is 0.0468. The standard InChI is InChI=1S/C23H33NO3S/c1-22(2,3)28(25)24-21-20-13-19(27-15-16-5-6-16)8-7-17(20)14-23(21)11-9-18(26-4)10-12-23/h7-8,13,16,18H,5-6,9-12,14-15H2,1-4H3. The van der Waals surface area contributed by atoms with E-state index >= 15 is 0 Å². The average molecular weight is 404 g/mol. The molecular weight excluding hydrogens is 370 g/mol. The van der Waals surface area contributed by atoms with E-state index in [9.17, 15) is 4.21 Å². The van der Waals surface area contributed by atoms with Crippen LogP contribution in [0.1, 0.15) is 70.4 Å². The Morgan fingerprint density at radius 1 is 1.18 bits per heavy atom. The highest BCUT2D eigenvalue weighted by atomic mass is 32.2. The maximum Gasteiger partial charge on any atom is 0.145 e. The molecule has 0 amide bonds. The van der Waals surface area contributed by atoms with Crippen molar-refractivity contribution in [3.8, 4) is 5.75 Å². The first-order valence-electron chi connectivity index (χ1n) is 10.6. The van der Waals surface area contributed by atoms with Gasteiger partial charge in [0.15, 0.2) is 0 Å². The van der Waals surface area contributed by atoms with Gasteiger partial charge in [0.1, 0.15) is 16.7 Å². The van der Waals surface area contributed by atoms with Crippen molar-refractivity contribution in [1.29, 1.82) is 0 Å². The zero-order valence-corrected chi connectivity index (χ0v) is 18.4. The summed E-state index contributed by atoms with van der Waals surface area (Å²) in [5.41, 5.74) is 3.51. The molecule has 2 fully saturated rings. The third-order valence-electron chi connectivity index (χ3n) is 6.47. The van der Waals surface area contributed by atoms with Gasteiger partial charge in [-0.15, -0.1) is 0 Å². The van der Waals surface area contributed by atoms with Gasteiger partial charge in [-0.25, -0.2) is 4.21 Å². The number of hydrogen-bond acceptors (Lipinski definition) is 3. The summed E-state index contributed by atoms with van der Waals surface area (Å²) in [6, 6.07) is 6.44. The maximum absolute atomic E-state index is 13.0. The molecule has 0 radical (unpaired) electrons. The predicted octanol–water partition coefficient (Wildman–Crippen LogP) is 4.86. The lowest BCUT2D eigenvalue weighted by atomic mass is 9.70. The number of methoxy groups -OCH3 is 1. The Bertz CT molecular complexity index is 784. The van der Waals surface area contributed by atoms with Crippen LogP contribution in [0, 0.1) is 11.3 Å². The van der Waals surface area contributed by atoms with Crippen molar-refractivity contribution < 1.29 is 13.7 Å². The molecule has 28 heavy (non-hydrogen) atoms. The number of fused-ring (bicyclic) bond motifs is 1. The molecule has 154 valence electrons. The first kappa shape index (κ1) is 20.1. The Morgan fingerprint density at radius 2 is 1.89 bits per heavy atom. The van der Waals surface area contributed by atoms with Crippen LogP contribution < -0.4 is 4.74 Å². The highest BCUT2D eigenvalue weighted by Crippen LogP contribution is 2.49. The van der Waals surface area contributed by atoms with Gasteiger partial charge >= 0.3 is 0 Å². The first-order valence-corrected chi connectivity index (χ1v) is 11.7. The molecule has 4 rings (SSSR count). The van der Waals surface area contributed by atoms with Gasteiger partial charge in [-0.05, 0) is 89.3 Å². The fourth-order valence-electron chi connectivity index (χ4n) is 4.41. The van der Waals surface area contributed by atoms with E-state index in [1.165, 1.54) is 18.4 Å². The van der Waals surface area contributed by atoms with Gasteiger partial charge in [0.2, 0.25) is 0 Å². The van der Waals surface area contributed by atoms with Gasteiger partial charge < -0.3 is 9.47 Å². The number of benzene rings is 1. The van der Waals surface area contributed by atoms with Gasteiger partial charge in [0, 0.05) is 18.1 Å². The maximum atomic E-state index is 13.0. The molecule has 0 aromatic heterocycles.